The minimum atomic E-state index is 0.247. The van der Waals surface area contributed by atoms with Gasteiger partial charge in [-0.2, -0.15) is 0 Å². The van der Waals surface area contributed by atoms with E-state index in [0.717, 1.165) is 37.5 Å². The Balaban J connectivity index is 2.23. The number of hydrogen-bond acceptors (Lipinski definition) is 4. The fraction of sp³-hybridized carbons (Fsp3) is 0.385. The Labute approximate surface area is 134 Å². The summed E-state index contributed by atoms with van der Waals surface area (Å²) >= 11 is 8.68. The lowest BCUT2D eigenvalue weighted by Crippen LogP contribution is -2.18. The third kappa shape index (κ3) is 3.84. The first-order valence-electron chi connectivity index (χ1n) is 6.14. The second-order valence-corrected chi connectivity index (χ2v) is 7.02. The SMILES string of the molecule is CCCNC(C)c1nnc(-c2cc(Br)ccc2Br)s1. The van der Waals surface area contributed by atoms with Gasteiger partial charge in [0.1, 0.15) is 10.0 Å². The monoisotopic (exact) mass is 403 g/mol. The molecule has 0 radical (unpaired) electrons. The number of hydrogen-bond donors (Lipinski definition) is 1. The van der Waals surface area contributed by atoms with Crippen LogP contribution in [0, 0.1) is 0 Å². The molecule has 1 unspecified atom stereocenters. The quantitative estimate of drug-likeness (QED) is 0.778. The molecule has 1 aromatic carbocycles. The van der Waals surface area contributed by atoms with Crippen LogP contribution < -0.4 is 5.32 Å². The predicted octanol–water partition coefficient (Wildman–Crippen LogP) is 4.79. The summed E-state index contributed by atoms with van der Waals surface area (Å²) in [5, 5.41) is 14.0. The molecule has 0 aliphatic carbocycles. The van der Waals surface area contributed by atoms with E-state index < -0.39 is 0 Å². The van der Waals surface area contributed by atoms with Crippen LogP contribution in [-0.2, 0) is 0 Å². The lowest BCUT2D eigenvalue weighted by atomic mass is 10.2. The Morgan fingerprint density at radius 1 is 1.32 bits per heavy atom. The van der Waals surface area contributed by atoms with Crippen molar-refractivity contribution in [1.82, 2.24) is 15.5 Å². The van der Waals surface area contributed by atoms with Gasteiger partial charge in [0, 0.05) is 14.5 Å². The largest absolute Gasteiger partial charge is 0.308 e. The highest BCUT2D eigenvalue weighted by Gasteiger charge is 2.14. The molecule has 2 rings (SSSR count). The van der Waals surface area contributed by atoms with Gasteiger partial charge in [-0.05, 0) is 38.1 Å². The van der Waals surface area contributed by atoms with Crippen LogP contribution in [0.25, 0.3) is 10.6 Å². The summed E-state index contributed by atoms with van der Waals surface area (Å²) in [7, 11) is 0. The van der Waals surface area contributed by atoms with E-state index in [1.54, 1.807) is 11.3 Å². The van der Waals surface area contributed by atoms with Gasteiger partial charge in [0.05, 0.1) is 6.04 Å². The van der Waals surface area contributed by atoms with E-state index in [4.69, 9.17) is 0 Å². The average Bonchev–Trinajstić information content (AvgIpc) is 2.88. The first kappa shape index (κ1) is 15.1. The molecular weight excluding hydrogens is 390 g/mol. The summed E-state index contributed by atoms with van der Waals surface area (Å²) in [6, 6.07) is 6.32. The van der Waals surface area contributed by atoms with Crippen LogP contribution in [0.4, 0.5) is 0 Å². The number of benzene rings is 1. The number of nitrogens with zero attached hydrogens (tertiary/aromatic N) is 2. The molecule has 1 aromatic heterocycles. The van der Waals surface area contributed by atoms with Gasteiger partial charge in [-0.25, -0.2) is 0 Å². The standard InChI is InChI=1S/C13H15Br2N3S/c1-3-6-16-8(2)12-17-18-13(19-12)10-7-9(14)4-5-11(10)15/h4-5,7-8,16H,3,6H2,1-2H3. The number of rotatable bonds is 5. The molecule has 0 bridgehead atoms. The topological polar surface area (TPSA) is 37.8 Å². The van der Waals surface area contributed by atoms with Crippen LogP contribution >= 0.6 is 43.2 Å². The fourth-order valence-corrected chi connectivity index (χ4v) is 3.46. The van der Waals surface area contributed by atoms with Crippen LogP contribution in [0.15, 0.2) is 27.1 Å². The van der Waals surface area contributed by atoms with Crippen molar-refractivity contribution in [2.45, 2.75) is 26.3 Å². The molecule has 0 aliphatic heterocycles. The van der Waals surface area contributed by atoms with Crippen molar-refractivity contribution >= 4 is 43.2 Å². The van der Waals surface area contributed by atoms with Crippen molar-refractivity contribution in [2.24, 2.45) is 0 Å². The minimum absolute atomic E-state index is 0.247. The van der Waals surface area contributed by atoms with Gasteiger partial charge in [0.2, 0.25) is 0 Å². The molecule has 0 fully saturated rings. The first-order valence-corrected chi connectivity index (χ1v) is 8.54. The minimum Gasteiger partial charge on any atom is -0.308 e. The predicted molar refractivity (Wildman–Crippen MR) is 87.5 cm³/mol. The molecule has 2 aromatic rings. The van der Waals surface area contributed by atoms with Gasteiger partial charge in [-0.3, -0.25) is 0 Å². The normalized spacial score (nSPS) is 12.6. The second kappa shape index (κ2) is 6.92. The molecule has 102 valence electrons. The van der Waals surface area contributed by atoms with Gasteiger partial charge in [0.25, 0.3) is 0 Å². The number of halogens is 2. The lowest BCUT2D eigenvalue weighted by molar-refractivity contribution is 0.564. The van der Waals surface area contributed by atoms with Gasteiger partial charge < -0.3 is 5.32 Å². The molecule has 0 spiro atoms. The maximum atomic E-state index is 4.30. The van der Waals surface area contributed by atoms with Crippen molar-refractivity contribution in [1.29, 1.82) is 0 Å². The molecule has 1 heterocycles. The molecular formula is C13H15Br2N3S. The van der Waals surface area contributed by atoms with E-state index in [2.05, 4.69) is 67.3 Å². The Bertz CT molecular complexity index is 557. The smallest absolute Gasteiger partial charge is 0.149 e. The van der Waals surface area contributed by atoms with Crippen LogP contribution in [0.2, 0.25) is 0 Å². The van der Waals surface area contributed by atoms with E-state index in [-0.39, 0.29) is 6.04 Å². The van der Waals surface area contributed by atoms with Crippen molar-refractivity contribution in [3.8, 4) is 10.6 Å². The van der Waals surface area contributed by atoms with Crippen LogP contribution in [0.5, 0.6) is 0 Å². The summed E-state index contributed by atoms with van der Waals surface area (Å²) in [6.45, 7) is 5.27. The highest BCUT2D eigenvalue weighted by molar-refractivity contribution is 9.11. The molecule has 0 saturated heterocycles. The molecule has 0 amide bonds. The second-order valence-electron chi connectivity index (χ2n) is 4.25. The Hall–Kier alpha value is -0.300. The van der Waals surface area contributed by atoms with Gasteiger partial charge in [0.15, 0.2) is 0 Å². The maximum Gasteiger partial charge on any atom is 0.149 e. The van der Waals surface area contributed by atoms with Gasteiger partial charge in [-0.1, -0.05) is 50.1 Å². The van der Waals surface area contributed by atoms with E-state index in [9.17, 15) is 0 Å². The highest BCUT2D eigenvalue weighted by atomic mass is 79.9. The van der Waals surface area contributed by atoms with Crippen molar-refractivity contribution in [2.75, 3.05) is 6.54 Å². The molecule has 19 heavy (non-hydrogen) atoms. The van der Waals surface area contributed by atoms with Crippen molar-refractivity contribution in [3.05, 3.63) is 32.2 Å². The van der Waals surface area contributed by atoms with E-state index in [1.165, 1.54) is 0 Å². The summed E-state index contributed by atoms with van der Waals surface area (Å²) in [6.07, 6.45) is 1.12. The molecule has 3 nitrogen and oxygen atoms in total. The zero-order valence-electron chi connectivity index (χ0n) is 10.8. The van der Waals surface area contributed by atoms with Gasteiger partial charge in [-0.15, -0.1) is 10.2 Å². The van der Waals surface area contributed by atoms with Crippen molar-refractivity contribution in [3.63, 3.8) is 0 Å². The molecule has 0 aliphatic rings. The van der Waals surface area contributed by atoms with E-state index in [1.807, 2.05) is 12.1 Å². The molecule has 1 atom stereocenters. The highest BCUT2D eigenvalue weighted by Crippen LogP contribution is 2.34. The van der Waals surface area contributed by atoms with Gasteiger partial charge >= 0.3 is 0 Å². The van der Waals surface area contributed by atoms with Crippen LogP contribution in [-0.4, -0.2) is 16.7 Å². The summed E-state index contributed by atoms with van der Waals surface area (Å²) < 4.78 is 2.08. The Morgan fingerprint density at radius 2 is 2.11 bits per heavy atom. The lowest BCUT2D eigenvalue weighted by Gasteiger charge is -2.08. The number of nitrogens with one attached hydrogen (secondary N) is 1. The first-order chi connectivity index (χ1) is 9.11. The summed E-state index contributed by atoms with van der Waals surface area (Å²) in [5.41, 5.74) is 1.07. The molecule has 0 saturated carbocycles. The third-order valence-electron chi connectivity index (χ3n) is 2.67. The zero-order chi connectivity index (χ0) is 13.8. The fourth-order valence-electron chi connectivity index (χ4n) is 1.63. The Kier molecular flexibility index (Phi) is 5.50. The number of aromatic nitrogens is 2. The molecule has 1 N–H and O–H groups in total. The zero-order valence-corrected chi connectivity index (χ0v) is 14.8. The van der Waals surface area contributed by atoms with Crippen molar-refractivity contribution < 1.29 is 0 Å². The third-order valence-corrected chi connectivity index (χ3v) is 4.99. The summed E-state index contributed by atoms with van der Waals surface area (Å²) in [5.74, 6) is 0. The summed E-state index contributed by atoms with van der Waals surface area (Å²) in [4.78, 5) is 0. The maximum absolute atomic E-state index is 4.30. The van der Waals surface area contributed by atoms with Crippen LogP contribution in [0.3, 0.4) is 0 Å². The van der Waals surface area contributed by atoms with Crippen LogP contribution in [0.1, 0.15) is 31.3 Å². The Morgan fingerprint density at radius 3 is 2.84 bits per heavy atom. The molecule has 6 heteroatoms. The average molecular weight is 405 g/mol. The van der Waals surface area contributed by atoms with E-state index >= 15 is 0 Å². The van der Waals surface area contributed by atoms with E-state index in [0.29, 0.717) is 0 Å².